The van der Waals surface area contributed by atoms with E-state index in [0.29, 0.717) is 31.7 Å². The zero-order valence-electron chi connectivity index (χ0n) is 15.7. The highest BCUT2D eigenvalue weighted by Crippen LogP contribution is 2.26. The number of nitrogens with zero attached hydrogens (tertiary/aromatic N) is 1. The molecule has 0 unspecified atom stereocenters. The van der Waals surface area contributed by atoms with Crippen molar-refractivity contribution in [2.24, 2.45) is 0 Å². The van der Waals surface area contributed by atoms with Crippen LogP contribution in [0.3, 0.4) is 0 Å². The second-order valence-electron chi connectivity index (χ2n) is 6.79. The zero-order valence-corrected chi connectivity index (χ0v) is 17.4. The van der Waals surface area contributed by atoms with Crippen LogP contribution in [0.15, 0.2) is 23.1 Å². The summed E-state index contributed by atoms with van der Waals surface area (Å²) in [6.45, 7) is 7.83. The van der Waals surface area contributed by atoms with Crippen molar-refractivity contribution in [3.05, 3.63) is 23.8 Å². The predicted molar refractivity (Wildman–Crippen MR) is 101 cm³/mol. The fraction of sp³-hybridized carbons (Fsp3) is 0.647. The number of aryl methyl sites for hydroxylation is 1. The molecule has 26 heavy (non-hydrogen) atoms. The Kier molecular flexibility index (Phi) is 6.70. The highest BCUT2D eigenvalue weighted by Gasteiger charge is 2.31. The lowest BCUT2D eigenvalue weighted by Gasteiger charge is -2.31. The SMILES string of the molecule is CCS(=O)(=O)NC1CCN(S(=O)(=O)c2ccc(OC(C)C)c(C)c2)CC1. The first kappa shape index (κ1) is 21.1. The molecule has 7 nitrogen and oxygen atoms in total. The van der Waals surface area contributed by atoms with Gasteiger partial charge in [0.15, 0.2) is 0 Å². The minimum absolute atomic E-state index is 0.0158. The molecule has 0 amide bonds. The van der Waals surface area contributed by atoms with Gasteiger partial charge in [0.2, 0.25) is 20.0 Å². The Hall–Kier alpha value is -1.16. The number of hydrogen-bond acceptors (Lipinski definition) is 5. The number of ether oxygens (including phenoxy) is 1. The molecule has 1 aliphatic rings. The van der Waals surface area contributed by atoms with E-state index in [1.54, 1.807) is 25.1 Å². The van der Waals surface area contributed by atoms with Gasteiger partial charge in [-0.1, -0.05) is 0 Å². The molecule has 0 atom stereocenters. The van der Waals surface area contributed by atoms with Gasteiger partial charge in [0, 0.05) is 19.1 Å². The van der Waals surface area contributed by atoms with Crippen LogP contribution >= 0.6 is 0 Å². The van der Waals surface area contributed by atoms with E-state index < -0.39 is 20.0 Å². The van der Waals surface area contributed by atoms with Gasteiger partial charge < -0.3 is 4.74 Å². The lowest BCUT2D eigenvalue weighted by atomic mass is 10.1. The Morgan fingerprint density at radius 2 is 1.81 bits per heavy atom. The van der Waals surface area contributed by atoms with Gasteiger partial charge >= 0.3 is 0 Å². The summed E-state index contributed by atoms with van der Waals surface area (Å²) in [7, 11) is -6.88. The lowest BCUT2D eigenvalue weighted by molar-refractivity contribution is 0.240. The summed E-state index contributed by atoms with van der Waals surface area (Å²) in [4.78, 5) is 0.235. The van der Waals surface area contributed by atoms with Crippen molar-refractivity contribution in [1.82, 2.24) is 9.03 Å². The average Bonchev–Trinajstić information content (AvgIpc) is 2.56. The number of nitrogens with one attached hydrogen (secondary N) is 1. The molecular formula is C17H28N2O5S2. The largest absolute Gasteiger partial charge is 0.491 e. The van der Waals surface area contributed by atoms with Gasteiger partial charge in [-0.2, -0.15) is 4.31 Å². The molecule has 1 fully saturated rings. The van der Waals surface area contributed by atoms with Crippen LogP contribution in [-0.4, -0.2) is 52.1 Å². The smallest absolute Gasteiger partial charge is 0.243 e. The molecule has 2 rings (SSSR count). The first-order chi connectivity index (χ1) is 12.0. The summed E-state index contributed by atoms with van der Waals surface area (Å²) in [6, 6.07) is 4.66. The van der Waals surface area contributed by atoms with Crippen molar-refractivity contribution >= 4 is 20.0 Å². The van der Waals surface area contributed by atoms with Crippen LogP contribution in [0.2, 0.25) is 0 Å². The maximum absolute atomic E-state index is 12.9. The molecule has 1 aromatic rings. The second-order valence-corrected chi connectivity index (χ2v) is 10.8. The Balaban J connectivity index is 2.08. The molecular weight excluding hydrogens is 376 g/mol. The van der Waals surface area contributed by atoms with Gasteiger partial charge in [-0.3, -0.25) is 0 Å². The third-order valence-corrected chi connectivity index (χ3v) is 7.67. The Bertz CT molecular complexity index is 827. The van der Waals surface area contributed by atoms with Gasteiger partial charge in [-0.25, -0.2) is 21.6 Å². The van der Waals surface area contributed by atoms with Crippen molar-refractivity contribution in [2.45, 2.75) is 57.6 Å². The number of hydrogen-bond donors (Lipinski definition) is 1. The van der Waals surface area contributed by atoms with Crippen LogP contribution in [-0.2, 0) is 20.0 Å². The van der Waals surface area contributed by atoms with E-state index in [1.165, 1.54) is 4.31 Å². The molecule has 0 radical (unpaired) electrons. The molecule has 1 heterocycles. The Morgan fingerprint density at radius 1 is 1.19 bits per heavy atom. The lowest BCUT2D eigenvalue weighted by Crippen LogP contribution is -2.46. The fourth-order valence-electron chi connectivity index (χ4n) is 2.87. The van der Waals surface area contributed by atoms with Crippen molar-refractivity contribution < 1.29 is 21.6 Å². The van der Waals surface area contributed by atoms with Crippen LogP contribution < -0.4 is 9.46 Å². The average molecular weight is 405 g/mol. The van der Waals surface area contributed by atoms with Crippen LogP contribution in [0.4, 0.5) is 0 Å². The second kappa shape index (κ2) is 8.24. The van der Waals surface area contributed by atoms with Crippen LogP contribution in [0.25, 0.3) is 0 Å². The first-order valence-electron chi connectivity index (χ1n) is 8.82. The summed E-state index contributed by atoms with van der Waals surface area (Å²) < 4.78 is 58.8. The van der Waals surface area contributed by atoms with Gasteiger partial charge in [0.25, 0.3) is 0 Å². The van der Waals surface area contributed by atoms with Gasteiger partial charge in [0.1, 0.15) is 5.75 Å². The summed E-state index contributed by atoms with van der Waals surface area (Å²) in [5.74, 6) is 0.696. The number of benzene rings is 1. The quantitative estimate of drug-likeness (QED) is 0.749. The van der Waals surface area contributed by atoms with Gasteiger partial charge in [0.05, 0.1) is 16.8 Å². The van der Waals surface area contributed by atoms with Crippen LogP contribution in [0.5, 0.6) is 5.75 Å². The normalized spacial score (nSPS) is 17.6. The topological polar surface area (TPSA) is 92.8 Å². The van der Waals surface area contributed by atoms with Crippen molar-refractivity contribution in [3.8, 4) is 5.75 Å². The van der Waals surface area contributed by atoms with E-state index >= 15 is 0 Å². The number of piperidine rings is 1. The van der Waals surface area contributed by atoms with Crippen LogP contribution in [0, 0.1) is 6.92 Å². The molecule has 9 heteroatoms. The Morgan fingerprint density at radius 3 is 2.31 bits per heavy atom. The molecule has 1 aromatic carbocycles. The van der Waals surface area contributed by atoms with E-state index in [9.17, 15) is 16.8 Å². The summed E-state index contributed by atoms with van der Waals surface area (Å²) in [5.41, 5.74) is 0.769. The van der Waals surface area contributed by atoms with Crippen molar-refractivity contribution in [1.29, 1.82) is 0 Å². The number of rotatable bonds is 7. The maximum atomic E-state index is 12.9. The maximum Gasteiger partial charge on any atom is 0.243 e. The monoisotopic (exact) mass is 404 g/mol. The van der Waals surface area contributed by atoms with Gasteiger partial charge in [-0.15, -0.1) is 0 Å². The predicted octanol–water partition coefficient (Wildman–Crippen LogP) is 1.87. The molecule has 0 aromatic heterocycles. The minimum atomic E-state index is -3.60. The summed E-state index contributed by atoms with van der Waals surface area (Å²) >= 11 is 0. The fourth-order valence-corrected chi connectivity index (χ4v) is 5.33. The van der Waals surface area contributed by atoms with Crippen molar-refractivity contribution in [3.63, 3.8) is 0 Å². The van der Waals surface area contributed by atoms with E-state index in [0.717, 1.165) is 5.56 Å². The first-order valence-corrected chi connectivity index (χ1v) is 11.9. The summed E-state index contributed by atoms with van der Waals surface area (Å²) in [5, 5.41) is 0. The molecule has 0 aliphatic carbocycles. The van der Waals surface area contributed by atoms with E-state index in [-0.39, 0.29) is 22.8 Å². The van der Waals surface area contributed by atoms with Gasteiger partial charge in [-0.05, 0) is 64.3 Å². The third kappa shape index (κ3) is 5.18. The third-order valence-electron chi connectivity index (χ3n) is 4.33. The molecule has 0 bridgehead atoms. The van der Waals surface area contributed by atoms with E-state index in [4.69, 9.17) is 4.74 Å². The molecule has 1 aliphatic heterocycles. The molecule has 1 saturated heterocycles. The molecule has 1 N–H and O–H groups in total. The standard InChI is InChI=1S/C17H28N2O5S2/c1-5-25(20,21)18-15-8-10-19(11-9-15)26(22,23)16-6-7-17(14(4)12-16)24-13(2)3/h6-7,12-13,15,18H,5,8-11H2,1-4H3. The molecule has 0 saturated carbocycles. The van der Waals surface area contributed by atoms with Crippen LogP contribution in [0.1, 0.15) is 39.2 Å². The molecule has 148 valence electrons. The zero-order chi connectivity index (χ0) is 19.5. The van der Waals surface area contributed by atoms with E-state index in [2.05, 4.69) is 4.72 Å². The number of sulfonamides is 2. The Labute approximate surface area is 156 Å². The highest BCUT2D eigenvalue weighted by molar-refractivity contribution is 7.89. The van der Waals surface area contributed by atoms with E-state index in [1.807, 2.05) is 20.8 Å². The summed E-state index contributed by atoms with van der Waals surface area (Å²) in [6.07, 6.45) is 0.944. The minimum Gasteiger partial charge on any atom is -0.491 e. The highest BCUT2D eigenvalue weighted by atomic mass is 32.2. The molecule has 0 spiro atoms. The van der Waals surface area contributed by atoms with Crippen molar-refractivity contribution in [2.75, 3.05) is 18.8 Å².